The molecule has 0 bridgehead atoms. The van der Waals surface area contributed by atoms with E-state index in [1.165, 1.54) is 0 Å². The molecular formula is C20H26FN3O. The Morgan fingerprint density at radius 1 is 1.40 bits per heavy atom. The lowest BCUT2D eigenvalue weighted by atomic mass is 9.95. The summed E-state index contributed by atoms with van der Waals surface area (Å²) in [5.74, 6) is 0.326. The number of rotatable bonds is 5. The summed E-state index contributed by atoms with van der Waals surface area (Å²) >= 11 is 0. The number of anilines is 1. The maximum Gasteiger partial charge on any atom is 0.198 e. The predicted molar refractivity (Wildman–Crippen MR) is 97.8 cm³/mol. The van der Waals surface area contributed by atoms with Gasteiger partial charge in [-0.25, -0.2) is 4.39 Å². The molecule has 0 saturated heterocycles. The number of carbonyl (C=O) groups is 1. The second-order valence-corrected chi connectivity index (χ2v) is 7.16. The molecule has 1 aliphatic rings. The van der Waals surface area contributed by atoms with Crippen LogP contribution in [-0.4, -0.2) is 28.0 Å². The third kappa shape index (κ3) is 3.20. The SMILES string of the molecule is CC[C@H]1C[C@@H](Nc2ccncc2C(=O)c2c[nH]c(C)c2C)[C@@H](F)[C@@H]1C. The van der Waals surface area contributed by atoms with Crippen molar-refractivity contribution in [3.63, 3.8) is 0 Å². The lowest BCUT2D eigenvalue weighted by Crippen LogP contribution is -2.28. The minimum atomic E-state index is -0.905. The molecule has 0 spiro atoms. The number of aryl methyl sites for hydroxylation is 1. The number of aromatic amines is 1. The summed E-state index contributed by atoms with van der Waals surface area (Å²) < 4.78 is 14.7. The fourth-order valence-corrected chi connectivity index (χ4v) is 3.86. The highest BCUT2D eigenvalue weighted by molar-refractivity contribution is 6.13. The van der Waals surface area contributed by atoms with Gasteiger partial charge in [-0.1, -0.05) is 20.3 Å². The normalized spacial score (nSPS) is 26.0. The van der Waals surface area contributed by atoms with Crippen molar-refractivity contribution in [1.29, 1.82) is 0 Å². The number of H-pyrrole nitrogens is 1. The first kappa shape index (κ1) is 17.6. The van der Waals surface area contributed by atoms with Gasteiger partial charge >= 0.3 is 0 Å². The summed E-state index contributed by atoms with van der Waals surface area (Å²) in [6.45, 7) is 7.94. The molecule has 1 saturated carbocycles. The van der Waals surface area contributed by atoms with E-state index in [0.717, 1.165) is 24.1 Å². The average Bonchev–Trinajstić information content (AvgIpc) is 3.09. The van der Waals surface area contributed by atoms with E-state index in [0.29, 0.717) is 22.7 Å². The molecule has 3 rings (SSSR count). The number of ketones is 1. The lowest BCUT2D eigenvalue weighted by Gasteiger charge is -2.19. The number of hydrogen-bond donors (Lipinski definition) is 2. The molecule has 1 fully saturated rings. The Morgan fingerprint density at radius 3 is 2.76 bits per heavy atom. The van der Waals surface area contributed by atoms with Crippen LogP contribution in [0.4, 0.5) is 10.1 Å². The zero-order valence-electron chi connectivity index (χ0n) is 15.3. The maximum atomic E-state index is 14.7. The number of aromatic nitrogens is 2. The summed E-state index contributed by atoms with van der Waals surface area (Å²) in [5, 5.41) is 3.28. The largest absolute Gasteiger partial charge is 0.379 e. The smallest absolute Gasteiger partial charge is 0.198 e. The Balaban J connectivity index is 1.87. The molecule has 0 aromatic carbocycles. The Bertz CT molecular complexity index is 770. The zero-order valence-corrected chi connectivity index (χ0v) is 15.3. The fraction of sp³-hybridized carbons (Fsp3) is 0.500. The fourth-order valence-electron chi connectivity index (χ4n) is 3.86. The van der Waals surface area contributed by atoms with Crippen LogP contribution in [0.25, 0.3) is 0 Å². The summed E-state index contributed by atoms with van der Waals surface area (Å²) in [6.07, 6.45) is 5.79. The van der Waals surface area contributed by atoms with Gasteiger partial charge in [0.25, 0.3) is 0 Å². The van der Waals surface area contributed by atoms with Crippen molar-refractivity contribution in [2.75, 3.05) is 5.32 Å². The monoisotopic (exact) mass is 343 g/mol. The van der Waals surface area contributed by atoms with Crippen LogP contribution in [0, 0.1) is 25.7 Å². The Hall–Kier alpha value is -2.17. The molecule has 0 radical (unpaired) electrons. The van der Waals surface area contributed by atoms with E-state index >= 15 is 0 Å². The van der Waals surface area contributed by atoms with Crippen LogP contribution in [0.2, 0.25) is 0 Å². The molecule has 2 aromatic rings. The Labute approximate surface area is 148 Å². The maximum absolute atomic E-state index is 14.7. The van der Waals surface area contributed by atoms with E-state index in [-0.39, 0.29) is 17.7 Å². The van der Waals surface area contributed by atoms with Crippen LogP contribution in [0.3, 0.4) is 0 Å². The topological polar surface area (TPSA) is 57.8 Å². The van der Waals surface area contributed by atoms with Crippen molar-refractivity contribution in [1.82, 2.24) is 9.97 Å². The van der Waals surface area contributed by atoms with E-state index in [2.05, 4.69) is 22.2 Å². The molecule has 0 unspecified atom stereocenters. The van der Waals surface area contributed by atoms with Gasteiger partial charge in [-0.3, -0.25) is 9.78 Å². The third-order valence-electron chi connectivity index (χ3n) is 5.76. The number of pyridine rings is 1. The van der Waals surface area contributed by atoms with Gasteiger partial charge in [0, 0.05) is 35.5 Å². The van der Waals surface area contributed by atoms with Crippen molar-refractivity contribution < 1.29 is 9.18 Å². The highest BCUT2D eigenvalue weighted by atomic mass is 19.1. The van der Waals surface area contributed by atoms with Gasteiger partial charge in [0.15, 0.2) is 5.78 Å². The Morgan fingerprint density at radius 2 is 2.16 bits per heavy atom. The lowest BCUT2D eigenvalue weighted by molar-refractivity contribution is 0.103. The number of halogens is 1. The molecule has 5 heteroatoms. The summed E-state index contributed by atoms with van der Waals surface area (Å²) in [5.41, 5.74) is 3.69. The van der Waals surface area contributed by atoms with Crippen molar-refractivity contribution >= 4 is 11.5 Å². The molecule has 4 atom stereocenters. The van der Waals surface area contributed by atoms with E-state index in [1.54, 1.807) is 24.7 Å². The number of alkyl halides is 1. The number of nitrogens with zero attached hydrogens (tertiary/aromatic N) is 1. The molecule has 0 aliphatic heterocycles. The predicted octanol–water partition coefficient (Wildman–Crippen LogP) is 4.44. The molecular weight excluding hydrogens is 317 g/mol. The van der Waals surface area contributed by atoms with Gasteiger partial charge in [0.2, 0.25) is 0 Å². The van der Waals surface area contributed by atoms with Crippen LogP contribution in [0.15, 0.2) is 24.7 Å². The average molecular weight is 343 g/mol. The van der Waals surface area contributed by atoms with Crippen LogP contribution >= 0.6 is 0 Å². The van der Waals surface area contributed by atoms with Gasteiger partial charge in [0.1, 0.15) is 6.17 Å². The van der Waals surface area contributed by atoms with Crippen molar-refractivity contribution in [2.45, 2.75) is 52.8 Å². The van der Waals surface area contributed by atoms with E-state index in [4.69, 9.17) is 0 Å². The second-order valence-electron chi connectivity index (χ2n) is 7.16. The van der Waals surface area contributed by atoms with Crippen molar-refractivity contribution in [3.05, 3.63) is 47.0 Å². The molecule has 4 nitrogen and oxygen atoms in total. The molecule has 25 heavy (non-hydrogen) atoms. The summed E-state index contributed by atoms with van der Waals surface area (Å²) in [4.78, 5) is 20.1. The van der Waals surface area contributed by atoms with Gasteiger partial charge in [0.05, 0.1) is 11.6 Å². The third-order valence-corrected chi connectivity index (χ3v) is 5.76. The summed E-state index contributed by atoms with van der Waals surface area (Å²) in [7, 11) is 0. The van der Waals surface area contributed by atoms with Crippen LogP contribution < -0.4 is 5.32 Å². The highest BCUT2D eigenvalue weighted by Gasteiger charge is 2.40. The molecule has 1 aliphatic carbocycles. The zero-order chi connectivity index (χ0) is 18.1. The standard InChI is InChI=1S/C20H26FN3O/c1-5-14-8-18(19(21)12(14)3)24-17-6-7-22-9-16(17)20(25)15-10-23-13(4)11(15)2/h6-7,9-10,12,14,18-19,23H,5,8H2,1-4H3,(H,22,24)/t12-,14+,18-,19+/m1/s1. The minimum Gasteiger partial charge on any atom is -0.379 e. The molecule has 0 amide bonds. The first-order chi connectivity index (χ1) is 11.9. The van der Waals surface area contributed by atoms with Crippen molar-refractivity contribution in [2.24, 2.45) is 11.8 Å². The van der Waals surface area contributed by atoms with Crippen LogP contribution in [0.1, 0.15) is 53.9 Å². The highest BCUT2D eigenvalue weighted by Crippen LogP contribution is 2.38. The van der Waals surface area contributed by atoms with Gasteiger partial charge in [-0.2, -0.15) is 0 Å². The van der Waals surface area contributed by atoms with E-state index < -0.39 is 6.17 Å². The first-order valence-corrected chi connectivity index (χ1v) is 8.97. The number of carbonyl (C=O) groups excluding carboxylic acids is 1. The molecule has 2 aromatic heterocycles. The first-order valence-electron chi connectivity index (χ1n) is 8.97. The Kier molecular flexibility index (Phi) is 4.93. The van der Waals surface area contributed by atoms with Gasteiger partial charge in [-0.05, 0) is 43.7 Å². The minimum absolute atomic E-state index is 0.0399. The van der Waals surface area contributed by atoms with Crippen LogP contribution in [0.5, 0.6) is 0 Å². The quantitative estimate of drug-likeness (QED) is 0.789. The number of nitrogens with one attached hydrogen (secondary N) is 2. The van der Waals surface area contributed by atoms with Gasteiger partial charge < -0.3 is 10.3 Å². The molecule has 2 heterocycles. The summed E-state index contributed by atoms with van der Waals surface area (Å²) in [6, 6.07) is 1.50. The van der Waals surface area contributed by atoms with E-state index in [1.807, 2.05) is 20.8 Å². The van der Waals surface area contributed by atoms with Gasteiger partial charge in [-0.15, -0.1) is 0 Å². The van der Waals surface area contributed by atoms with E-state index in [9.17, 15) is 9.18 Å². The molecule has 2 N–H and O–H groups in total. The second kappa shape index (κ2) is 6.98. The van der Waals surface area contributed by atoms with Crippen molar-refractivity contribution in [3.8, 4) is 0 Å². The molecule has 134 valence electrons. The number of hydrogen-bond acceptors (Lipinski definition) is 3. The van der Waals surface area contributed by atoms with Crippen LogP contribution in [-0.2, 0) is 0 Å².